The zero-order valence-electron chi connectivity index (χ0n) is 15.1. The van der Waals surface area contributed by atoms with E-state index < -0.39 is 53.9 Å². The van der Waals surface area contributed by atoms with Crippen LogP contribution in [0.25, 0.3) is 11.2 Å². The number of imidazole rings is 1. The minimum absolute atomic E-state index is 0.0449. The Morgan fingerprint density at radius 3 is 2.65 bits per heavy atom. The molecular formula is C10H17N6O12P3. The van der Waals surface area contributed by atoms with E-state index in [2.05, 4.69) is 23.8 Å². The molecule has 2 unspecified atom stereocenters. The number of nitrogens with zero attached hydrogens (tertiary/aromatic N) is 3. The summed E-state index contributed by atoms with van der Waals surface area (Å²) < 4.78 is 49.1. The predicted molar refractivity (Wildman–Crippen MR) is 99.0 cm³/mol. The molecule has 1 fully saturated rings. The molecule has 1 aliphatic heterocycles. The van der Waals surface area contributed by atoms with Crippen LogP contribution in [0.2, 0.25) is 0 Å². The van der Waals surface area contributed by atoms with Gasteiger partial charge in [0.2, 0.25) is 5.95 Å². The molecule has 0 aliphatic carbocycles. The number of rotatable bonds is 8. The highest BCUT2D eigenvalue weighted by atomic mass is 31.3. The second kappa shape index (κ2) is 8.44. The number of phosphoric ester groups is 1. The monoisotopic (exact) mass is 506 g/mol. The Kier molecular flexibility index (Phi) is 6.57. The smallest absolute Gasteiger partial charge is 0.390 e. The molecule has 21 heteroatoms. The second-order valence-electron chi connectivity index (χ2n) is 6.22. The van der Waals surface area contributed by atoms with Crippen LogP contribution < -0.4 is 16.2 Å². The van der Waals surface area contributed by atoms with Crippen LogP contribution in [0.15, 0.2) is 11.1 Å². The molecule has 18 nitrogen and oxygen atoms in total. The fraction of sp³-hybridized carbons (Fsp3) is 0.500. The zero-order chi connectivity index (χ0) is 23.2. The summed E-state index contributed by atoms with van der Waals surface area (Å²) in [4.78, 5) is 58.7. The average molecular weight is 506 g/mol. The van der Waals surface area contributed by atoms with Crippen molar-refractivity contribution in [3.8, 4) is 0 Å². The maximum Gasteiger partial charge on any atom is 0.480 e. The molecular weight excluding hydrogens is 489 g/mol. The van der Waals surface area contributed by atoms with Gasteiger partial charge in [0, 0.05) is 6.42 Å². The normalized spacial score (nSPS) is 26.0. The summed E-state index contributed by atoms with van der Waals surface area (Å²) in [5.74, 6) is -0.187. The number of nitrogens with two attached hydrogens (primary N) is 1. The van der Waals surface area contributed by atoms with Gasteiger partial charge in [-0.05, 0) is 0 Å². The van der Waals surface area contributed by atoms with Crippen LogP contribution in [-0.4, -0.2) is 63.0 Å². The van der Waals surface area contributed by atoms with Crippen LogP contribution in [0, 0.1) is 0 Å². The van der Waals surface area contributed by atoms with E-state index in [0.29, 0.717) is 0 Å². The fourth-order valence-corrected chi connectivity index (χ4v) is 6.14. The Hall–Kier alpha value is -1.52. The lowest BCUT2D eigenvalue weighted by molar-refractivity contribution is -0.0421. The number of anilines is 1. The van der Waals surface area contributed by atoms with Gasteiger partial charge in [0.15, 0.2) is 11.2 Å². The molecule has 3 rings (SSSR count). The lowest BCUT2D eigenvalue weighted by atomic mass is 10.2. The fourth-order valence-electron chi connectivity index (χ4n) is 2.70. The topological polar surface area (TPSA) is 282 Å². The Morgan fingerprint density at radius 1 is 1.32 bits per heavy atom. The highest BCUT2D eigenvalue weighted by Crippen LogP contribution is 2.61. The van der Waals surface area contributed by atoms with Gasteiger partial charge in [0.1, 0.15) is 12.3 Å². The number of aromatic nitrogens is 4. The summed E-state index contributed by atoms with van der Waals surface area (Å²) in [6.07, 6.45) is -2.29. The molecule has 0 amide bonds. The van der Waals surface area contributed by atoms with E-state index in [1.54, 1.807) is 0 Å². The largest absolute Gasteiger partial charge is 0.480 e. The minimum atomic E-state index is -5.42. The summed E-state index contributed by atoms with van der Waals surface area (Å²) in [6, 6.07) is 0. The summed E-state index contributed by atoms with van der Waals surface area (Å²) in [5, 5.41) is 10.1. The number of H-pyrrole nitrogens is 1. The van der Waals surface area contributed by atoms with Crippen molar-refractivity contribution in [1.29, 1.82) is 0 Å². The van der Waals surface area contributed by atoms with Gasteiger partial charge in [0.25, 0.3) is 5.56 Å². The van der Waals surface area contributed by atoms with E-state index in [-0.39, 0.29) is 23.5 Å². The van der Waals surface area contributed by atoms with E-state index in [0.717, 1.165) is 4.86 Å². The molecule has 1 saturated heterocycles. The summed E-state index contributed by atoms with van der Waals surface area (Å²) in [5.41, 5.74) is 4.91. The first kappa shape index (κ1) is 24.1. The van der Waals surface area contributed by atoms with E-state index in [1.807, 2.05) is 0 Å². The van der Waals surface area contributed by atoms with E-state index >= 15 is 0 Å². The van der Waals surface area contributed by atoms with Gasteiger partial charge < -0.3 is 35.2 Å². The molecule has 0 aromatic carbocycles. The molecule has 9 N–H and O–H groups in total. The molecule has 0 saturated carbocycles. The molecule has 3 heterocycles. The molecule has 174 valence electrons. The lowest BCUT2D eigenvalue weighted by Crippen LogP contribution is -2.26. The first-order valence-corrected chi connectivity index (χ1v) is 12.8. The summed E-state index contributed by atoms with van der Waals surface area (Å²) in [6.45, 7) is -0.815. The van der Waals surface area contributed by atoms with Crippen molar-refractivity contribution in [2.45, 2.75) is 24.9 Å². The molecule has 1 aliphatic rings. The number of ether oxygens (including phenoxy) is 1. The van der Waals surface area contributed by atoms with E-state index in [4.69, 9.17) is 20.3 Å². The molecule has 31 heavy (non-hydrogen) atoms. The number of nitrogen functional groups attached to an aromatic ring is 1. The van der Waals surface area contributed by atoms with Crippen LogP contribution in [0.3, 0.4) is 0 Å². The average Bonchev–Trinajstić information content (AvgIpc) is 3.13. The number of nitrogens with one attached hydrogen (secondary N) is 2. The molecule has 2 aromatic heterocycles. The maximum absolute atomic E-state index is 11.8. The van der Waals surface area contributed by atoms with Crippen molar-refractivity contribution in [3.05, 3.63) is 16.7 Å². The van der Waals surface area contributed by atoms with Crippen molar-refractivity contribution in [1.82, 2.24) is 24.4 Å². The SMILES string of the molecule is Nc1nc2c(ncn2[C@H]2C[C@H](O)[C@@H](COP(=O)(O)OP(=O)(O)NP(=O)(O)O)O2)c(=O)[nH]1. The lowest BCUT2D eigenvalue weighted by Gasteiger charge is -2.20. The van der Waals surface area contributed by atoms with Crippen molar-refractivity contribution in [3.63, 3.8) is 0 Å². The number of aliphatic hydroxyl groups excluding tert-OH is 1. The number of fused-ring (bicyclic) bond motifs is 1. The minimum Gasteiger partial charge on any atom is -0.390 e. The third-order valence-corrected chi connectivity index (χ3v) is 8.08. The van der Waals surface area contributed by atoms with Gasteiger partial charge in [-0.25, -0.2) is 18.7 Å². The number of phosphoric acid groups is 1. The number of aromatic amines is 1. The predicted octanol–water partition coefficient (Wildman–Crippen LogP) is -1.73. The highest BCUT2D eigenvalue weighted by molar-refractivity contribution is 7.70. The first-order chi connectivity index (χ1) is 14.2. The molecule has 5 atom stereocenters. The van der Waals surface area contributed by atoms with E-state index in [1.165, 1.54) is 10.9 Å². The van der Waals surface area contributed by atoms with Crippen LogP contribution in [0.4, 0.5) is 5.95 Å². The molecule has 0 bridgehead atoms. The Labute approximate surface area is 171 Å². The van der Waals surface area contributed by atoms with Crippen LogP contribution in [-0.2, 0) is 27.3 Å². The highest BCUT2D eigenvalue weighted by Gasteiger charge is 2.41. The zero-order valence-corrected chi connectivity index (χ0v) is 17.8. The van der Waals surface area contributed by atoms with Gasteiger partial charge >= 0.3 is 23.3 Å². The number of hydrogen-bond donors (Lipinski definition) is 8. The first-order valence-electron chi connectivity index (χ1n) is 8.08. The van der Waals surface area contributed by atoms with Crippen LogP contribution in [0.5, 0.6) is 0 Å². The van der Waals surface area contributed by atoms with Crippen molar-refractivity contribution >= 4 is 40.4 Å². The standard InChI is InChI=1S/C10H17N6O12P3/c11-10-13-8-7(9(18)14-10)12-3-16(8)6-1-4(17)5(27-6)2-26-31(24,25)28-30(22,23)15-29(19,20)21/h3-6,17H,1-2H2,(H,24,25)(H3,11,13,14,18)(H4,15,19,20,21,22,23)/t4-,5+,6+/m0/s1. The van der Waals surface area contributed by atoms with Crippen molar-refractivity contribution < 1.29 is 51.9 Å². The maximum atomic E-state index is 11.8. The third kappa shape index (κ3) is 6.04. The third-order valence-electron chi connectivity index (χ3n) is 3.84. The molecule has 2 aromatic rings. The Bertz CT molecular complexity index is 1180. The van der Waals surface area contributed by atoms with Gasteiger partial charge in [0.05, 0.1) is 19.0 Å². The second-order valence-corrected chi connectivity index (χ2v) is 11.0. The number of hydrogen-bond acceptors (Lipinski definition) is 11. The Balaban J connectivity index is 1.67. The van der Waals surface area contributed by atoms with Gasteiger partial charge in [-0.2, -0.15) is 9.29 Å². The van der Waals surface area contributed by atoms with Crippen LogP contribution >= 0.6 is 23.3 Å². The Morgan fingerprint density at radius 2 is 2.00 bits per heavy atom. The molecule has 0 spiro atoms. The quantitative estimate of drug-likeness (QED) is 0.185. The van der Waals surface area contributed by atoms with Gasteiger partial charge in [-0.15, -0.1) is 4.86 Å². The molecule has 0 radical (unpaired) electrons. The van der Waals surface area contributed by atoms with E-state index in [9.17, 15) is 33.4 Å². The van der Waals surface area contributed by atoms with Crippen LogP contribution in [0.1, 0.15) is 12.6 Å². The summed E-state index contributed by atoms with van der Waals surface area (Å²) >= 11 is 0. The van der Waals surface area contributed by atoms with Gasteiger partial charge in [-0.3, -0.25) is 18.9 Å². The summed E-state index contributed by atoms with van der Waals surface area (Å²) in [7, 11) is -16.0. The number of aliphatic hydroxyl groups is 1. The van der Waals surface area contributed by atoms with Crippen molar-refractivity contribution in [2.75, 3.05) is 12.3 Å². The van der Waals surface area contributed by atoms with Crippen molar-refractivity contribution in [2.24, 2.45) is 0 Å². The van der Waals surface area contributed by atoms with Gasteiger partial charge in [-0.1, -0.05) is 0 Å².